The summed E-state index contributed by atoms with van der Waals surface area (Å²) in [5.74, 6) is 0.864. The molecule has 14 heavy (non-hydrogen) atoms. The number of anilines is 1. The van der Waals surface area contributed by atoms with E-state index >= 15 is 0 Å². The number of benzene rings is 1. The predicted molar refractivity (Wildman–Crippen MR) is 54.6 cm³/mol. The highest BCUT2D eigenvalue weighted by Crippen LogP contribution is 2.33. The van der Waals surface area contributed by atoms with Gasteiger partial charge in [-0.15, -0.1) is 0 Å². The van der Waals surface area contributed by atoms with E-state index in [0.717, 1.165) is 17.9 Å². The number of nitrogens with one attached hydrogen (secondary N) is 1. The van der Waals surface area contributed by atoms with Crippen LogP contribution in [0.5, 0.6) is 5.75 Å². The van der Waals surface area contributed by atoms with Crippen LogP contribution >= 0.6 is 0 Å². The van der Waals surface area contributed by atoms with Gasteiger partial charge in [0.05, 0.1) is 12.3 Å². The van der Waals surface area contributed by atoms with Gasteiger partial charge in [-0.05, 0) is 11.6 Å². The van der Waals surface area contributed by atoms with E-state index in [1.54, 1.807) is 0 Å². The highest BCUT2D eigenvalue weighted by atomic mass is 16.5. The van der Waals surface area contributed by atoms with Gasteiger partial charge in [0.15, 0.2) is 0 Å². The van der Waals surface area contributed by atoms with Gasteiger partial charge in [-0.3, -0.25) is 4.79 Å². The number of fused-ring (bicyclic) bond motifs is 1. The summed E-state index contributed by atoms with van der Waals surface area (Å²) in [5, 5.41) is 2.83. The molecule has 1 aromatic rings. The summed E-state index contributed by atoms with van der Waals surface area (Å²) in [5.41, 5.74) is 1.98. The summed E-state index contributed by atoms with van der Waals surface area (Å²) in [4.78, 5) is 11.2. The molecule has 0 spiro atoms. The van der Waals surface area contributed by atoms with E-state index in [9.17, 15) is 4.79 Å². The first-order chi connectivity index (χ1) is 6.81. The first-order valence-electron chi connectivity index (χ1n) is 4.86. The molecule has 0 aliphatic carbocycles. The number of amides is 1. The van der Waals surface area contributed by atoms with Crippen LogP contribution in [0.2, 0.25) is 0 Å². The van der Waals surface area contributed by atoms with E-state index < -0.39 is 0 Å². The molecule has 0 radical (unpaired) electrons. The van der Waals surface area contributed by atoms with Crippen LogP contribution in [-0.4, -0.2) is 12.5 Å². The largest absolute Gasteiger partial charge is 0.491 e. The van der Waals surface area contributed by atoms with Gasteiger partial charge in [-0.2, -0.15) is 0 Å². The van der Waals surface area contributed by atoms with Crippen molar-refractivity contribution >= 4 is 11.6 Å². The van der Waals surface area contributed by atoms with E-state index in [4.69, 9.17) is 4.74 Å². The van der Waals surface area contributed by atoms with E-state index in [-0.39, 0.29) is 5.91 Å². The highest BCUT2D eigenvalue weighted by molar-refractivity contribution is 5.92. The van der Waals surface area contributed by atoms with Crippen LogP contribution in [0, 0.1) is 0 Å². The van der Waals surface area contributed by atoms with Crippen LogP contribution in [-0.2, 0) is 11.2 Å². The Hall–Kier alpha value is -1.51. The third-order valence-corrected chi connectivity index (χ3v) is 2.31. The Balaban J connectivity index is 2.26. The van der Waals surface area contributed by atoms with Crippen molar-refractivity contribution in [3.8, 4) is 5.75 Å². The molecule has 3 heteroatoms. The lowest BCUT2D eigenvalue weighted by molar-refractivity contribution is -0.115. The summed E-state index contributed by atoms with van der Waals surface area (Å²) in [6, 6.07) is 5.85. The zero-order valence-electron chi connectivity index (χ0n) is 8.17. The first kappa shape index (κ1) is 9.06. The van der Waals surface area contributed by atoms with Crippen LogP contribution in [0.4, 0.5) is 5.69 Å². The standard InChI is InChI=1S/C11H13NO2/c1-2-10(13)12-9-5-3-4-8-6-7-14-11(8)9/h3-5H,2,6-7H2,1H3,(H,12,13). The molecule has 1 aromatic carbocycles. The van der Waals surface area contributed by atoms with E-state index in [1.165, 1.54) is 5.56 Å². The van der Waals surface area contributed by atoms with Crippen molar-refractivity contribution in [1.82, 2.24) is 0 Å². The van der Waals surface area contributed by atoms with E-state index in [0.29, 0.717) is 13.0 Å². The number of para-hydroxylation sites is 1. The molecule has 1 aliphatic heterocycles. The molecule has 0 fully saturated rings. The quantitative estimate of drug-likeness (QED) is 0.776. The van der Waals surface area contributed by atoms with E-state index in [2.05, 4.69) is 5.32 Å². The van der Waals surface area contributed by atoms with Gasteiger partial charge >= 0.3 is 0 Å². The minimum atomic E-state index is 0.0221. The third-order valence-electron chi connectivity index (χ3n) is 2.31. The molecule has 3 nitrogen and oxygen atoms in total. The second-order valence-electron chi connectivity index (χ2n) is 3.29. The Kier molecular flexibility index (Phi) is 2.39. The molecule has 1 amide bonds. The number of ether oxygens (including phenoxy) is 1. The molecule has 1 N–H and O–H groups in total. The van der Waals surface area contributed by atoms with Gasteiger partial charge in [0.1, 0.15) is 5.75 Å². The molecular weight excluding hydrogens is 178 g/mol. The van der Waals surface area contributed by atoms with Gasteiger partial charge in [0.2, 0.25) is 5.91 Å². The normalized spacial score (nSPS) is 13.2. The molecule has 0 atom stereocenters. The SMILES string of the molecule is CCC(=O)Nc1cccc2c1OCC2. The molecule has 74 valence electrons. The molecule has 0 aromatic heterocycles. The summed E-state index contributed by atoms with van der Waals surface area (Å²) >= 11 is 0. The fourth-order valence-electron chi connectivity index (χ4n) is 1.55. The lowest BCUT2D eigenvalue weighted by Gasteiger charge is -2.08. The van der Waals surface area contributed by atoms with Gasteiger partial charge in [-0.25, -0.2) is 0 Å². The highest BCUT2D eigenvalue weighted by Gasteiger charge is 2.16. The number of carbonyl (C=O) groups excluding carboxylic acids is 1. The lowest BCUT2D eigenvalue weighted by atomic mass is 10.1. The van der Waals surface area contributed by atoms with Crippen molar-refractivity contribution in [2.45, 2.75) is 19.8 Å². The summed E-state index contributed by atoms with van der Waals surface area (Å²) in [7, 11) is 0. The molecule has 0 bridgehead atoms. The van der Waals surface area contributed by atoms with Gasteiger partial charge < -0.3 is 10.1 Å². The molecular formula is C11H13NO2. The maximum Gasteiger partial charge on any atom is 0.224 e. The molecule has 0 saturated carbocycles. The maximum atomic E-state index is 11.2. The van der Waals surface area contributed by atoms with Gasteiger partial charge in [0, 0.05) is 12.8 Å². The fourth-order valence-corrected chi connectivity index (χ4v) is 1.55. The van der Waals surface area contributed by atoms with Crippen LogP contribution < -0.4 is 10.1 Å². The first-order valence-corrected chi connectivity index (χ1v) is 4.86. The second kappa shape index (κ2) is 3.70. The topological polar surface area (TPSA) is 38.3 Å². The number of rotatable bonds is 2. The Morgan fingerprint density at radius 3 is 3.21 bits per heavy atom. The minimum Gasteiger partial charge on any atom is -0.491 e. The summed E-state index contributed by atoms with van der Waals surface area (Å²) in [6.45, 7) is 2.55. The Morgan fingerprint density at radius 1 is 1.57 bits per heavy atom. The van der Waals surface area contributed by atoms with Gasteiger partial charge in [0.25, 0.3) is 0 Å². The fraction of sp³-hybridized carbons (Fsp3) is 0.364. The van der Waals surface area contributed by atoms with Crippen LogP contribution in [0.3, 0.4) is 0 Å². The second-order valence-corrected chi connectivity index (χ2v) is 3.29. The van der Waals surface area contributed by atoms with Crippen molar-refractivity contribution in [3.05, 3.63) is 23.8 Å². The molecule has 1 heterocycles. The van der Waals surface area contributed by atoms with Crippen molar-refractivity contribution in [1.29, 1.82) is 0 Å². The van der Waals surface area contributed by atoms with Crippen molar-refractivity contribution < 1.29 is 9.53 Å². The number of hydrogen-bond acceptors (Lipinski definition) is 2. The summed E-state index contributed by atoms with van der Waals surface area (Å²) < 4.78 is 5.46. The maximum absolute atomic E-state index is 11.2. The van der Waals surface area contributed by atoms with Crippen molar-refractivity contribution in [3.63, 3.8) is 0 Å². The summed E-state index contributed by atoms with van der Waals surface area (Å²) in [6.07, 6.45) is 1.43. The zero-order valence-corrected chi connectivity index (χ0v) is 8.17. The third kappa shape index (κ3) is 1.58. The monoisotopic (exact) mass is 191 g/mol. The molecule has 0 saturated heterocycles. The minimum absolute atomic E-state index is 0.0221. The van der Waals surface area contributed by atoms with Crippen LogP contribution in [0.25, 0.3) is 0 Å². The van der Waals surface area contributed by atoms with E-state index in [1.807, 2.05) is 25.1 Å². The van der Waals surface area contributed by atoms with Crippen molar-refractivity contribution in [2.24, 2.45) is 0 Å². The Morgan fingerprint density at radius 2 is 2.43 bits per heavy atom. The zero-order chi connectivity index (χ0) is 9.97. The molecule has 2 rings (SSSR count). The molecule has 1 aliphatic rings. The lowest BCUT2D eigenvalue weighted by Crippen LogP contribution is -2.10. The Bertz CT molecular complexity index is 360. The number of carbonyl (C=O) groups is 1. The smallest absolute Gasteiger partial charge is 0.224 e. The molecule has 0 unspecified atom stereocenters. The van der Waals surface area contributed by atoms with Crippen LogP contribution in [0.1, 0.15) is 18.9 Å². The average molecular weight is 191 g/mol. The Labute approximate surface area is 83.1 Å². The predicted octanol–water partition coefficient (Wildman–Crippen LogP) is 1.97. The van der Waals surface area contributed by atoms with Crippen LogP contribution in [0.15, 0.2) is 18.2 Å². The van der Waals surface area contributed by atoms with Gasteiger partial charge in [-0.1, -0.05) is 19.1 Å². The number of hydrogen-bond donors (Lipinski definition) is 1. The van der Waals surface area contributed by atoms with Crippen molar-refractivity contribution in [2.75, 3.05) is 11.9 Å². The average Bonchev–Trinajstić information content (AvgIpc) is 2.66.